The Morgan fingerprint density at radius 1 is 0.786 bits per heavy atom. The van der Waals surface area contributed by atoms with Gasteiger partial charge in [-0.3, -0.25) is 4.79 Å². The first kappa shape index (κ1) is 23.6. The molecule has 2 aromatic rings. The van der Waals surface area contributed by atoms with Crippen LogP contribution in [0, 0.1) is 0 Å². The minimum absolute atomic E-state index is 0.332. The van der Waals surface area contributed by atoms with Gasteiger partial charge in [-0.05, 0) is 24.3 Å². The zero-order valence-corrected chi connectivity index (χ0v) is 14.8. The second-order valence-corrected chi connectivity index (χ2v) is 5.76. The Labute approximate surface area is 163 Å². The number of hydrogen-bond acceptors (Lipinski definition) is 2. The highest BCUT2D eigenvalue weighted by Gasteiger charge is 2.35. The lowest BCUT2D eigenvalue weighted by atomic mass is 10.1. The second kappa shape index (κ2) is 8.70. The summed E-state index contributed by atoms with van der Waals surface area (Å²) in [6.07, 6.45) is -9.22. The quantitative estimate of drug-likeness (QED) is 0.595. The van der Waals surface area contributed by atoms with Gasteiger partial charge in [0.15, 0.2) is 0 Å². The first-order valence-corrected chi connectivity index (χ1v) is 7.68. The Morgan fingerprint density at radius 2 is 1.14 bits per heavy atom. The first-order valence-electron chi connectivity index (χ1n) is 6.92. The van der Waals surface area contributed by atoms with E-state index >= 15 is 0 Å². The number of rotatable bonds is 2. The maximum atomic E-state index is 12.3. The molecule has 2 aromatic carbocycles. The van der Waals surface area contributed by atoms with Crippen molar-refractivity contribution < 1.29 is 41.0 Å². The summed E-state index contributed by atoms with van der Waals surface area (Å²) in [5.74, 6) is -2.47. The van der Waals surface area contributed by atoms with Gasteiger partial charge in [0.25, 0.3) is 0 Å². The molecule has 0 saturated heterocycles. The minimum atomic E-state index is -4.64. The van der Waals surface area contributed by atoms with Crippen molar-refractivity contribution in [1.82, 2.24) is 0 Å². The van der Waals surface area contributed by atoms with E-state index in [-0.39, 0.29) is 5.56 Å². The van der Waals surface area contributed by atoms with E-state index in [9.17, 15) is 35.9 Å². The number of primary amides is 1. The summed E-state index contributed by atoms with van der Waals surface area (Å²) in [4.78, 5) is 21.1. The molecule has 1 amide bonds. The molecule has 0 aromatic heterocycles. The third kappa shape index (κ3) is 5.77. The van der Waals surface area contributed by atoms with Gasteiger partial charge in [-0.15, -0.1) is 0 Å². The number of halogens is 8. The Bertz CT molecular complexity index is 823. The monoisotopic (exact) mass is 447 g/mol. The highest BCUT2D eigenvalue weighted by atomic mass is 35.5. The number of hydrogen-bond donors (Lipinski definition) is 2. The molecule has 0 aliphatic rings. The molecule has 0 fully saturated rings. The predicted octanol–water partition coefficient (Wildman–Crippen LogP) is 5.51. The van der Waals surface area contributed by atoms with Crippen LogP contribution in [0.15, 0.2) is 36.4 Å². The van der Waals surface area contributed by atoms with Crippen molar-refractivity contribution in [1.29, 1.82) is 0 Å². The van der Waals surface area contributed by atoms with Crippen molar-refractivity contribution in [3.05, 3.63) is 68.7 Å². The molecular formula is C16H9Cl2F6NO3. The summed E-state index contributed by atoms with van der Waals surface area (Å²) in [5, 5.41) is 7.06. The van der Waals surface area contributed by atoms with Gasteiger partial charge < -0.3 is 10.8 Å². The number of benzene rings is 2. The molecule has 0 atom stereocenters. The Hall–Kier alpha value is -2.46. The van der Waals surface area contributed by atoms with Crippen LogP contribution < -0.4 is 5.73 Å². The van der Waals surface area contributed by atoms with Crippen LogP contribution in [-0.2, 0) is 12.4 Å². The predicted molar refractivity (Wildman–Crippen MR) is 88.4 cm³/mol. The third-order valence-corrected chi connectivity index (χ3v) is 3.92. The van der Waals surface area contributed by atoms with Gasteiger partial charge in [0.05, 0.1) is 32.3 Å². The van der Waals surface area contributed by atoms with Crippen LogP contribution in [-0.4, -0.2) is 17.0 Å². The third-order valence-electron chi connectivity index (χ3n) is 3.10. The summed E-state index contributed by atoms with van der Waals surface area (Å²) in [6, 6.07) is 5.75. The molecule has 0 bridgehead atoms. The van der Waals surface area contributed by atoms with E-state index in [2.05, 4.69) is 0 Å². The van der Waals surface area contributed by atoms with Gasteiger partial charge in [0.2, 0.25) is 5.91 Å². The molecule has 0 saturated carbocycles. The largest absolute Gasteiger partial charge is 0.478 e. The molecule has 2 rings (SSSR count). The van der Waals surface area contributed by atoms with Crippen molar-refractivity contribution in [2.24, 2.45) is 5.73 Å². The molecule has 0 heterocycles. The molecule has 0 aliphatic carbocycles. The van der Waals surface area contributed by atoms with E-state index in [0.29, 0.717) is 0 Å². The highest BCUT2D eigenvalue weighted by Crippen LogP contribution is 2.37. The first-order chi connectivity index (χ1) is 12.7. The summed E-state index contributed by atoms with van der Waals surface area (Å²) in [6.45, 7) is 0. The van der Waals surface area contributed by atoms with Crippen LogP contribution in [0.4, 0.5) is 26.3 Å². The summed E-state index contributed by atoms with van der Waals surface area (Å²) >= 11 is 10.7. The highest BCUT2D eigenvalue weighted by molar-refractivity contribution is 6.34. The molecule has 152 valence electrons. The number of nitrogens with two attached hydrogens (primary N) is 1. The number of aromatic carboxylic acids is 1. The van der Waals surface area contributed by atoms with E-state index < -0.39 is 51.0 Å². The van der Waals surface area contributed by atoms with Crippen molar-refractivity contribution in [2.45, 2.75) is 12.4 Å². The van der Waals surface area contributed by atoms with Crippen molar-refractivity contribution in [3.63, 3.8) is 0 Å². The van der Waals surface area contributed by atoms with Crippen LogP contribution in [0.2, 0.25) is 10.0 Å². The normalized spacial score (nSPS) is 11.4. The van der Waals surface area contributed by atoms with Crippen molar-refractivity contribution in [2.75, 3.05) is 0 Å². The zero-order chi connectivity index (χ0) is 21.9. The average Bonchev–Trinajstić information content (AvgIpc) is 2.53. The molecule has 12 heteroatoms. The molecular weight excluding hydrogens is 439 g/mol. The zero-order valence-electron chi connectivity index (χ0n) is 13.3. The molecule has 0 radical (unpaired) electrons. The van der Waals surface area contributed by atoms with E-state index in [4.69, 9.17) is 34.0 Å². The fraction of sp³-hybridized carbons (Fsp3) is 0.125. The van der Waals surface area contributed by atoms with Gasteiger partial charge in [0, 0.05) is 0 Å². The van der Waals surface area contributed by atoms with Gasteiger partial charge in [-0.2, -0.15) is 26.3 Å². The van der Waals surface area contributed by atoms with Gasteiger partial charge in [0.1, 0.15) is 0 Å². The Morgan fingerprint density at radius 3 is 1.46 bits per heavy atom. The molecule has 4 nitrogen and oxygen atoms in total. The molecule has 0 unspecified atom stereocenters. The standard InChI is InChI=1S/C8H5ClF3NO.C8H4ClF3O2/c2*9-6-4(7(13)14)2-1-3-5(6)8(10,11)12/h1-3H,(H2,13,14);1-3H,(H,13,14). The Balaban J connectivity index is 0.000000280. The minimum Gasteiger partial charge on any atom is -0.478 e. The summed E-state index contributed by atoms with van der Waals surface area (Å²) < 4.78 is 73.4. The van der Waals surface area contributed by atoms with Crippen LogP contribution in [0.25, 0.3) is 0 Å². The number of amides is 1. The lowest BCUT2D eigenvalue weighted by Gasteiger charge is -2.10. The van der Waals surface area contributed by atoms with Crippen molar-refractivity contribution in [3.8, 4) is 0 Å². The molecule has 3 N–H and O–H groups in total. The van der Waals surface area contributed by atoms with Crippen LogP contribution in [0.1, 0.15) is 31.8 Å². The number of carboxylic acid groups (broad SMARTS) is 1. The van der Waals surface area contributed by atoms with Crippen LogP contribution >= 0.6 is 23.2 Å². The van der Waals surface area contributed by atoms with E-state index in [1.807, 2.05) is 0 Å². The number of alkyl halides is 6. The number of carboxylic acids is 1. The van der Waals surface area contributed by atoms with E-state index in [0.717, 1.165) is 36.4 Å². The van der Waals surface area contributed by atoms with Gasteiger partial charge in [-0.1, -0.05) is 35.3 Å². The fourth-order valence-electron chi connectivity index (χ4n) is 1.86. The maximum absolute atomic E-state index is 12.3. The fourth-order valence-corrected chi connectivity index (χ4v) is 2.50. The maximum Gasteiger partial charge on any atom is 0.417 e. The van der Waals surface area contributed by atoms with E-state index in [1.54, 1.807) is 0 Å². The van der Waals surface area contributed by atoms with Gasteiger partial charge >= 0.3 is 18.3 Å². The second-order valence-electron chi connectivity index (χ2n) is 5.00. The smallest absolute Gasteiger partial charge is 0.417 e. The number of carbonyl (C=O) groups is 2. The van der Waals surface area contributed by atoms with Gasteiger partial charge in [-0.25, -0.2) is 4.79 Å². The van der Waals surface area contributed by atoms with Crippen molar-refractivity contribution >= 4 is 35.1 Å². The lowest BCUT2D eigenvalue weighted by Crippen LogP contribution is -2.14. The van der Waals surface area contributed by atoms with Crippen LogP contribution in [0.3, 0.4) is 0 Å². The SMILES string of the molecule is NC(=O)c1cccc(C(F)(F)F)c1Cl.O=C(O)c1cccc(C(F)(F)F)c1Cl. The van der Waals surface area contributed by atoms with Crippen LogP contribution in [0.5, 0.6) is 0 Å². The molecule has 0 aliphatic heterocycles. The summed E-state index contributed by atoms with van der Waals surface area (Å²) in [7, 11) is 0. The topological polar surface area (TPSA) is 80.4 Å². The lowest BCUT2D eigenvalue weighted by molar-refractivity contribution is -0.138. The molecule has 0 spiro atoms. The number of carbonyl (C=O) groups excluding carboxylic acids is 1. The van der Waals surface area contributed by atoms with E-state index in [1.165, 1.54) is 0 Å². The summed E-state index contributed by atoms with van der Waals surface area (Å²) in [5.41, 5.74) is 1.75. The average molecular weight is 448 g/mol. The molecule has 28 heavy (non-hydrogen) atoms. The Kier molecular flexibility index (Phi) is 7.32.